The molecule has 0 aliphatic carbocycles. The Hall–Kier alpha value is -2.36. The van der Waals surface area contributed by atoms with Crippen LogP contribution < -0.4 is 4.74 Å². The second kappa shape index (κ2) is 6.00. The summed E-state index contributed by atoms with van der Waals surface area (Å²) < 4.78 is 10.5. The SMILES string of the molecule is CCOC(=O)c1ccc(Oc2cccc(C)c2)nc1. The van der Waals surface area contributed by atoms with Gasteiger partial charge < -0.3 is 9.47 Å². The Labute approximate surface area is 112 Å². The van der Waals surface area contributed by atoms with E-state index in [1.165, 1.54) is 6.20 Å². The molecule has 0 atom stereocenters. The minimum atomic E-state index is -0.378. The second-order valence-electron chi connectivity index (χ2n) is 4.02. The molecule has 0 amide bonds. The van der Waals surface area contributed by atoms with Gasteiger partial charge in [-0.05, 0) is 37.6 Å². The predicted octanol–water partition coefficient (Wildman–Crippen LogP) is 3.36. The minimum Gasteiger partial charge on any atom is -0.462 e. The van der Waals surface area contributed by atoms with Crippen LogP contribution in [0.3, 0.4) is 0 Å². The largest absolute Gasteiger partial charge is 0.462 e. The van der Waals surface area contributed by atoms with E-state index in [2.05, 4.69) is 4.98 Å². The van der Waals surface area contributed by atoms with Gasteiger partial charge in [-0.1, -0.05) is 12.1 Å². The zero-order chi connectivity index (χ0) is 13.7. The number of hydrogen-bond acceptors (Lipinski definition) is 4. The summed E-state index contributed by atoms with van der Waals surface area (Å²) in [6, 6.07) is 11.0. The van der Waals surface area contributed by atoms with Gasteiger partial charge in [-0.15, -0.1) is 0 Å². The Balaban J connectivity index is 2.08. The van der Waals surface area contributed by atoms with Crippen LogP contribution in [-0.2, 0) is 4.74 Å². The summed E-state index contributed by atoms with van der Waals surface area (Å²) in [5, 5.41) is 0. The van der Waals surface area contributed by atoms with E-state index in [1.807, 2.05) is 31.2 Å². The molecule has 0 aliphatic heterocycles. The summed E-state index contributed by atoms with van der Waals surface area (Å²) in [6.07, 6.45) is 1.45. The molecule has 0 spiro atoms. The highest BCUT2D eigenvalue weighted by Gasteiger charge is 2.07. The highest BCUT2D eigenvalue weighted by atomic mass is 16.5. The van der Waals surface area contributed by atoms with Gasteiger partial charge in [-0.3, -0.25) is 0 Å². The van der Waals surface area contributed by atoms with Gasteiger partial charge in [0.1, 0.15) is 5.75 Å². The van der Waals surface area contributed by atoms with Gasteiger partial charge in [-0.2, -0.15) is 0 Å². The number of hydrogen-bond donors (Lipinski definition) is 0. The number of carbonyl (C=O) groups is 1. The third kappa shape index (κ3) is 3.55. The van der Waals surface area contributed by atoms with E-state index in [4.69, 9.17) is 9.47 Å². The molecule has 4 heteroatoms. The monoisotopic (exact) mass is 257 g/mol. The first-order valence-corrected chi connectivity index (χ1v) is 6.06. The third-order valence-electron chi connectivity index (χ3n) is 2.46. The van der Waals surface area contributed by atoms with E-state index in [-0.39, 0.29) is 5.97 Å². The van der Waals surface area contributed by atoms with Crippen molar-refractivity contribution in [3.63, 3.8) is 0 Å². The molecule has 0 saturated heterocycles. The maximum absolute atomic E-state index is 11.5. The van der Waals surface area contributed by atoms with E-state index >= 15 is 0 Å². The van der Waals surface area contributed by atoms with Crippen molar-refractivity contribution in [2.24, 2.45) is 0 Å². The van der Waals surface area contributed by atoms with E-state index in [9.17, 15) is 4.79 Å². The second-order valence-corrected chi connectivity index (χ2v) is 4.02. The summed E-state index contributed by atoms with van der Waals surface area (Å²) in [5.41, 5.74) is 1.53. The Morgan fingerprint density at radius 3 is 2.74 bits per heavy atom. The number of rotatable bonds is 4. The Kier molecular flexibility index (Phi) is 4.13. The quantitative estimate of drug-likeness (QED) is 0.788. The van der Waals surface area contributed by atoms with Crippen molar-refractivity contribution in [2.75, 3.05) is 6.61 Å². The van der Waals surface area contributed by atoms with Crippen LogP contribution in [0, 0.1) is 6.92 Å². The molecule has 2 aromatic rings. The van der Waals surface area contributed by atoms with Crippen LogP contribution >= 0.6 is 0 Å². The number of esters is 1. The molecule has 0 N–H and O–H groups in total. The lowest BCUT2D eigenvalue weighted by Crippen LogP contribution is -2.04. The number of aromatic nitrogens is 1. The smallest absolute Gasteiger partial charge is 0.339 e. The van der Waals surface area contributed by atoms with Crippen molar-refractivity contribution in [3.8, 4) is 11.6 Å². The third-order valence-corrected chi connectivity index (χ3v) is 2.46. The van der Waals surface area contributed by atoms with Gasteiger partial charge in [0.25, 0.3) is 0 Å². The normalized spacial score (nSPS) is 10.0. The maximum atomic E-state index is 11.5. The molecule has 1 aromatic heterocycles. The molecule has 0 aliphatic rings. The molecule has 0 unspecified atom stereocenters. The lowest BCUT2D eigenvalue weighted by atomic mass is 10.2. The van der Waals surface area contributed by atoms with Crippen LogP contribution in [-0.4, -0.2) is 17.6 Å². The predicted molar refractivity (Wildman–Crippen MR) is 71.4 cm³/mol. The van der Waals surface area contributed by atoms with Crippen molar-refractivity contribution in [3.05, 3.63) is 53.7 Å². The van der Waals surface area contributed by atoms with Crippen LogP contribution in [0.25, 0.3) is 0 Å². The van der Waals surface area contributed by atoms with Crippen molar-refractivity contribution in [1.29, 1.82) is 0 Å². The topological polar surface area (TPSA) is 48.4 Å². The Bertz CT molecular complexity index is 564. The number of aryl methyl sites for hydroxylation is 1. The van der Waals surface area contributed by atoms with E-state index in [1.54, 1.807) is 19.1 Å². The van der Waals surface area contributed by atoms with Gasteiger partial charge in [-0.25, -0.2) is 9.78 Å². The van der Waals surface area contributed by atoms with Crippen molar-refractivity contribution in [1.82, 2.24) is 4.98 Å². The molecule has 2 rings (SSSR count). The summed E-state index contributed by atoms with van der Waals surface area (Å²) >= 11 is 0. The molecule has 98 valence electrons. The van der Waals surface area contributed by atoms with Crippen LogP contribution in [0.1, 0.15) is 22.8 Å². The van der Waals surface area contributed by atoms with Crippen LogP contribution in [0.4, 0.5) is 0 Å². The van der Waals surface area contributed by atoms with Gasteiger partial charge in [0, 0.05) is 12.3 Å². The van der Waals surface area contributed by atoms with E-state index in [0.717, 1.165) is 11.3 Å². The van der Waals surface area contributed by atoms with Gasteiger partial charge in [0.2, 0.25) is 5.88 Å². The number of benzene rings is 1. The molecule has 0 saturated carbocycles. The fraction of sp³-hybridized carbons (Fsp3) is 0.200. The lowest BCUT2D eigenvalue weighted by Gasteiger charge is -2.06. The molecular weight excluding hydrogens is 242 g/mol. The van der Waals surface area contributed by atoms with Crippen molar-refractivity contribution >= 4 is 5.97 Å². The lowest BCUT2D eigenvalue weighted by molar-refractivity contribution is 0.0526. The number of carbonyl (C=O) groups excluding carboxylic acids is 1. The first-order valence-electron chi connectivity index (χ1n) is 6.06. The molecular formula is C15H15NO3. The van der Waals surface area contributed by atoms with Gasteiger partial charge >= 0.3 is 5.97 Å². The number of pyridine rings is 1. The van der Waals surface area contributed by atoms with E-state index < -0.39 is 0 Å². The average molecular weight is 257 g/mol. The molecule has 0 bridgehead atoms. The fourth-order valence-electron chi connectivity index (χ4n) is 1.58. The highest BCUT2D eigenvalue weighted by molar-refractivity contribution is 5.89. The highest BCUT2D eigenvalue weighted by Crippen LogP contribution is 2.20. The Morgan fingerprint density at radius 1 is 1.26 bits per heavy atom. The molecule has 0 fully saturated rings. The minimum absolute atomic E-state index is 0.348. The summed E-state index contributed by atoms with van der Waals surface area (Å²) in [7, 11) is 0. The van der Waals surface area contributed by atoms with Crippen LogP contribution in [0.2, 0.25) is 0 Å². The van der Waals surface area contributed by atoms with E-state index in [0.29, 0.717) is 18.1 Å². The molecule has 1 aromatic carbocycles. The number of nitrogens with zero attached hydrogens (tertiary/aromatic N) is 1. The summed E-state index contributed by atoms with van der Waals surface area (Å²) in [4.78, 5) is 15.5. The summed E-state index contributed by atoms with van der Waals surface area (Å²) in [6.45, 7) is 4.10. The summed E-state index contributed by atoms with van der Waals surface area (Å²) in [5.74, 6) is 0.784. The molecule has 0 radical (unpaired) electrons. The molecule has 4 nitrogen and oxygen atoms in total. The van der Waals surface area contributed by atoms with Crippen molar-refractivity contribution < 1.29 is 14.3 Å². The average Bonchev–Trinajstić information content (AvgIpc) is 2.40. The zero-order valence-corrected chi connectivity index (χ0v) is 10.9. The van der Waals surface area contributed by atoms with Crippen LogP contribution in [0.15, 0.2) is 42.6 Å². The standard InChI is InChI=1S/C15H15NO3/c1-3-18-15(17)12-7-8-14(16-10-12)19-13-6-4-5-11(2)9-13/h4-10H,3H2,1-2H3. The van der Waals surface area contributed by atoms with Crippen LogP contribution in [0.5, 0.6) is 11.6 Å². The fourth-order valence-corrected chi connectivity index (χ4v) is 1.58. The first kappa shape index (κ1) is 13.1. The zero-order valence-electron chi connectivity index (χ0n) is 10.9. The van der Waals surface area contributed by atoms with Crippen molar-refractivity contribution in [2.45, 2.75) is 13.8 Å². The first-order chi connectivity index (χ1) is 9.19. The maximum Gasteiger partial charge on any atom is 0.339 e. The van der Waals surface area contributed by atoms with Gasteiger partial charge in [0.15, 0.2) is 0 Å². The molecule has 1 heterocycles. The Morgan fingerprint density at radius 2 is 2.11 bits per heavy atom. The number of ether oxygens (including phenoxy) is 2. The van der Waals surface area contributed by atoms with Gasteiger partial charge in [0.05, 0.1) is 12.2 Å². The molecule has 19 heavy (non-hydrogen) atoms.